The van der Waals surface area contributed by atoms with Gasteiger partial charge in [0.25, 0.3) is 0 Å². The van der Waals surface area contributed by atoms with Crippen molar-refractivity contribution in [2.45, 2.75) is 19.8 Å². The van der Waals surface area contributed by atoms with Crippen LogP contribution in [0.5, 0.6) is 0 Å². The summed E-state index contributed by atoms with van der Waals surface area (Å²) in [6.07, 6.45) is 4.51. The van der Waals surface area contributed by atoms with Crippen molar-refractivity contribution in [3.8, 4) is 0 Å². The topological polar surface area (TPSA) is 70.7 Å². The van der Waals surface area contributed by atoms with Crippen LogP contribution in [0.25, 0.3) is 0 Å². The first-order valence-corrected chi connectivity index (χ1v) is 6.27. The minimum atomic E-state index is 0.00909. The molecule has 0 radical (unpaired) electrons. The van der Waals surface area contributed by atoms with Crippen molar-refractivity contribution in [3.63, 3.8) is 0 Å². The number of carbonyl (C=O) groups is 1. The van der Waals surface area contributed by atoms with Gasteiger partial charge in [-0.25, -0.2) is 9.97 Å². The third-order valence-corrected chi connectivity index (χ3v) is 3.10. The van der Waals surface area contributed by atoms with Crippen LogP contribution in [-0.2, 0) is 17.6 Å². The molecule has 2 aromatic heterocycles. The van der Waals surface area contributed by atoms with Gasteiger partial charge in [-0.2, -0.15) is 0 Å². The third-order valence-electron chi connectivity index (χ3n) is 2.28. The third kappa shape index (κ3) is 3.67. The zero-order valence-corrected chi connectivity index (χ0v) is 10.4. The number of H-pyrrole nitrogens is 1. The maximum Gasteiger partial charge on any atom is 0.226 e. The summed E-state index contributed by atoms with van der Waals surface area (Å²) in [5.74, 6) is 0.00909. The van der Waals surface area contributed by atoms with E-state index >= 15 is 0 Å². The van der Waals surface area contributed by atoms with Crippen molar-refractivity contribution in [1.29, 1.82) is 0 Å². The van der Waals surface area contributed by atoms with Gasteiger partial charge in [-0.05, 0) is 6.92 Å². The lowest BCUT2D eigenvalue weighted by Gasteiger charge is -2.02. The Kier molecular flexibility index (Phi) is 3.87. The van der Waals surface area contributed by atoms with Crippen molar-refractivity contribution >= 4 is 17.2 Å². The molecule has 0 unspecified atom stereocenters. The molecule has 5 nitrogen and oxygen atoms in total. The predicted octanol–water partition coefficient (Wildman–Crippen LogP) is 1.08. The van der Waals surface area contributed by atoms with E-state index in [2.05, 4.69) is 20.3 Å². The van der Waals surface area contributed by atoms with Crippen molar-refractivity contribution in [2.24, 2.45) is 0 Å². The van der Waals surface area contributed by atoms with Gasteiger partial charge in [0.2, 0.25) is 5.91 Å². The summed E-state index contributed by atoms with van der Waals surface area (Å²) in [6, 6.07) is 0. The second-order valence-corrected chi connectivity index (χ2v) is 4.77. The van der Waals surface area contributed by atoms with E-state index in [0.717, 1.165) is 22.8 Å². The number of hydrogen-bond donors (Lipinski definition) is 2. The normalized spacial score (nSPS) is 10.4. The van der Waals surface area contributed by atoms with E-state index in [1.165, 1.54) is 0 Å². The fourth-order valence-corrected chi connectivity index (χ4v) is 2.09. The monoisotopic (exact) mass is 250 g/mol. The van der Waals surface area contributed by atoms with Crippen LogP contribution in [0.1, 0.15) is 16.4 Å². The quantitative estimate of drug-likeness (QED) is 0.834. The van der Waals surface area contributed by atoms with E-state index in [1.807, 2.05) is 12.3 Å². The fourth-order valence-electron chi connectivity index (χ4n) is 1.47. The summed E-state index contributed by atoms with van der Waals surface area (Å²) in [5, 5.41) is 5.77. The molecule has 2 heterocycles. The molecule has 17 heavy (non-hydrogen) atoms. The minimum absolute atomic E-state index is 0.00909. The Morgan fingerprint density at radius 2 is 2.47 bits per heavy atom. The van der Waals surface area contributed by atoms with Gasteiger partial charge in [0.15, 0.2) is 0 Å². The summed E-state index contributed by atoms with van der Waals surface area (Å²) in [5.41, 5.74) is 1.86. The number of carbonyl (C=O) groups excluding carboxylic acids is 1. The highest BCUT2D eigenvalue weighted by Crippen LogP contribution is 2.08. The average Bonchev–Trinajstić information content (AvgIpc) is 2.90. The Balaban J connectivity index is 1.71. The lowest BCUT2D eigenvalue weighted by atomic mass is 10.3. The molecule has 1 amide bonds. The molecule has 0 aliphatic heterocycles. The number of nitrogens with one attached hydrogen (secondary N) is 2. The molecular weight excluding hydrogens is 236 g/mol. The second-order valence-electron chi connectivity index (χ2n) is 3.71. The Bertz CT molecular complexity index is 477. The van der Waals surface area contributed by atoms with Crippen LogP contribution in [0.3, 0.4) is 0 Å². The van der Waals surface area contributed by atoms with Gasteiger partial charge in [-0.3, -0.25) is 4.79 Å². The number of rotatable bonds is 5. The maximum absolute atomic E-state index is 11.6. The Labute approximate surface area is 103 Å². The number of aromatic nitrogens is 3. The molecule has 0 spiro atoms. The smallest absolute Gasteiger partial charge is 0.226 e. The van der Waals surface area contributed by atoms with Crippen LogP contribution >= 0.6 is 11.3 Å². The van der Waals surface area contributed by atoms with Crippen molar-refractivity contribution in [1.82, 2.24) is 20.3 Å². The van der Waals surface area contributed by atoms with E-state index in [0.29, 0.717) is 13.0 Å². The predicted molar refractivity (Wildman–Crippen MR) is 65.9 cm³/mol. The summed E-state index contributed by atoms with van der Waals surface area (Å²) >= 11 is 1.56. The summed E-state index contributed by atoms with van der Waals surface area (Å²) in [6.45, 7) is 2.55. The van der Waals surface area contributed by atoms with E-state index in [4.69, 9.17) is 0 Å². The molecule has 6 heteroatoms. The first kappa shape index (κ1) is 11.8. The van der Waals surface area contributed by atoms with Crippen LogP contribution in [0, 0.1) is 6.92 Å². The van der Waals surface area contributed by atoms with Crippen molar-refractivity contribution in [3.05, 3.63) is 34.3 Å². The van der Waals surface area contributed by atoms with Gasteiger partial charge in [-0.1, -0.05) is 0 Å². The van der Waals surface area contributed by atoms with E-state index in [1.54, 1.807) is 23.9 Å². The number of nitrogens with zero attached hydrogens (tertiary/aromatic N) is 2. The summed E-state index contributed by atoms with van der Waals surface area (Å²) in [4.78, 5) is 22.7. The Morgan fingerprint density at radius 1 is 1.59 bits per heavy atom. The molecule has 0 atom stereocenters. The average molecular weight is 250 g/mol. The van der Waals surface area contributed by atoms with Crippen LogP contribution in [0.4, 0.5) is 0 Å². The lowest BCUT2D eigenvalue weighted by molar-refractivity contribution is -0.120. The van der Waals surface area contributed by atoms with Crippen LogP contribution in [-0.4, -0.2) is 27.4 Å². The Hall–Kier alpha value is -1.69. The summed E-state index contributed by atoms with van der Waals surface area (Å²) in [7, 11) is 0. The molecule has 2 N–H and O–H groups in total. The van der Waals surface area contributed by atoms with Crippen LogP contribution in [0.2, 0.25) is 0 Å². The molecule has 0 aromatic carbocycles. The van der Waals surface area contributed by atoms with Gasteiger partial charge in [0, 0.05) is 30.2 Å². The largest absolute Gasteiger partial charge is 0.355 e. The molecule has 2 aromatic rings. The SMILES string of the molecule is Cc1nc(CC(=O)NCCc2cnc[nH]2)cs1. The van der Waals surface area contributed by atoms with Crippen LogP contribution < -0.4 is 5.32 Å². The minimum Gasteiger partial charge on any atom is -0.355 e. The lowest BCUT2D eigenvalue weighted by Crippen LogP contribution is -2.27. The van der Waals surface area contributed by atoms with Gasteiger partial charge < -0.3 is 10.3 Å². The molecule has 0 saturated heterocycles. The molecule has 90 valence electrons. The number of hydrogen-bond acceptors (Lipinski definition) is 4. The van der Waals surface area contributed by atoms with Gasteiger partial charge >= 0.3 is 0 Å². The van der Waals surface area contributed by atoms with E-state index in [9.17, 15) is 4.79 Å². The number of aryl methyl sites for hydroxylation is 1. The Morgan fingerprint density at radius 3 is 3.12 bits per heavy atom. The molecular formula is C11H14N4OS. The highest BCUT2D eigenvalue weighted by Gasteiger charge is 2.05. The standard InChI is InChI=1S/C11H14N4OS/c1-8-15-10(6-17-8)4-11(16)13-3-2-9-5-12-7-14-9/h5-7H,2-4H2,1H3,(H,12,14)(H,13,16). The molecule has 0 aliphatic rings. The highest BCUT2D eigenvalue weighted by molar-refractivity contribution is 7.09. The first-order valence-electron chi connectivity index (χ1n) is 5.39. The summed E-state index contributed by atoms with van der Waals surface area (Å²) < 4.78 is 0. The second kappa shape index (κ2) is 5.58. The van der Waals surface area contributed by atoms with Crippen molar-refractivity contribution < 1.29 is 4.79 Å². The number of imidazole rings is 1. The maximum atomic E-state index is 11.6. The zero-order valence-electron chi connectivity index (χ0n) is 9.56. The van der Waals surface area contributed by atoms with Gasteiger partial charge in [-0.15, -0.1) is 11.3 Å². The van der Waals surface area contributed by atoms with Crippen LogP contribution in [0.15, 0.2) is 17.9 Å². The molecule has 0 bridgehead atoms. The zero-order chi connectivity index (χ0) is 12.1. The molecule has 0 saturated carbocycles. The van der Waals surface area contributed by atoms with Gasteiger partial charge in [0.05, 0.1) is 23.4 Å². The molecule has 2 rings (SSSR count). The number of thiazole rings is 1. The van der Waals surface area contributed by atoms with E-state index < -0.39 is 0 Å². The fraction of sp³-hybridized carbons (Fsp3) is 0.364. The van der Waals surface area contributed by atoms with Crippen molar-refractivity contribution in [2.75, 3.05) is 6.54 Å². The van der Waals surface area contributed by atoms with E-state index in [-0.39, 0.29) is 5.91 Å². The molecule has 0 fully saturated rings. The first-order chi connectivity index (χ1) is 8.24. The number of amides is 1. The molecule has 0 aliphatic carbocycles. The number of aromatic amines is 1. The van der Waals surface area contributed by atoms with Gasteiger partial charge in [0.1, 0.15) is 0 Å². The highest BCUT2D eigenvalue weighted by atomic mass is 32.1.